The highest BCUT2D eigenvalue weighted by atomic mass is 32.2. The molecule has 0 spiro atoms. The zero-order chi connectivity index (χ0) is 28.5. The monoisotopic (exact) mass is 550 g/mol. The Hall–Kier alpha value is -5.53. The predicted octanol–water partition coefficient (Wildman–Crippen LogP) is 3.65. The van der Waals surface area contributed by atoms with Crippen LogP contribution < -0.4 is 4.18 Å². The number of hydrogen-bond donors (Lipinski definition) is 4. The molecule has 0 saturated heterocycles. The maximum Gasteiger partial charge on any atom is 0.339 e. The number of aliphatic hydroxyl groups is 1. The van der Waals surface area contributed by atoms with Gasteiger partial charge in [-0.25, -0.2) is 0 Å². The van der Waals surface area contributed by atoms with Crippen LogP contribution in [0.4, 0.5) is 0 Å². The lowest BCUT2D eigenvalue weighted by atomic mass is 9.87. The molecule has 0 bridgehead atoms. The number of carbonyl (C=O) groups excluding carboxylic acids is 2. The molecule has 0 aliphatic heterocycles. The number of hydrogen-bond acceptors (Lipinski definition) is 11. The molecule has 0 radical (unpaired) electrons. The van der Waals surface area contributed by atoms with E-state index in [1.165, 1.54) is 0 Å². The molecule has 3 aromatic rings. The van der Waals surface area contributed by atoms with Crippen LogP contribution in [0.1, 0.15) is 31.8 Å². The van der Waals surface area contributed by atoms with E-state index in [0.29, 0.717) is 6.08 Å². The lowest BCUT2D eigenvalue weighted by molar-refractivity contribution is 0.0741. The number of allylic oxidation sites excluding steroid dienone is 1. The van der Waals surface area contributed by atoms with Crippen LogP contribution in [-0.2, 0) is 15.8 Å². The van der Waals surface area contributed by atoms with Crippen molar-refractivity contribution in [3.8, 4) is 23.0 Å². The Morgan fingerprint density at radius 3 is 2.23 bits per heavy atom. The molecule has 0 fully saturated rings. The average Bonchev–Trinajstić information content (AvgIpc) is 2.87. The number of benzene rings is 3. The highest BCUT2D eigenvalue weighted by Crippen LogP contribution is 2.41. The molecule has 16 heteroatoms. The zero-order valence-corrected chi connectivity index (χ0v) is 20.0. The highest BCUT2D eigenvalue weighted by Gasteiger charge is 2.42. The van der Waals surface area contributed by atoms with Crippen LogP contribution in [0.5, 0.6) is 23.0 Å². The maximum atomic E-state index is 13.2. The Morgan fingerprint density at radius 2 is 1.62 bits per heavy atom. The van der Waals surface area contributed by atoms with Gasteiger partial charge < -0.3 is 24.6 Å². The largest absolute Gasteiger partial charge is 0.508 e. The fraction of sp³-hybridized carbons (Fsp3) is 0.0435. The first-order chi connectivity index (χ1) is 18.4. The smallest absolute Gasteiger partial charge is 0.339 e. The van der Waals surface area contributed by atoms with Gasteiger partial charge in [-0.15, -0.1) is 0 Å². The standard InChI is InChI=1S/C23H14N6O9S/c24-28-26-20-10-18(33)21-15(23(20,35)27-29-25)2-1-3-19(21)39(36,37)38-12-5-7-14(17(32)9-12)22(34)13-6-4-11(30)8-16(13)31/h1-10,30-32,35H. The first-order valence-corrected chi connectivity index (χ1v) is 11.9. The zero-order valence-electron chi connectivity index (χ0n) is 19.2. The minimum absolute atomic E-state index is 0.250. The summed E-state index contributed by atoms with van der Waals surface area (Å²) in [5.41, 5.74) is 12.6. The van der Waals surface area contributed by atoms with Crippen LogP contribution in [0.15, 0.2) is 81.5 Å². The number of rotatable bonds is 7. The van der Waals surface area contributed by atoms with Gasteiger partial charge in [0.05, 0.1) is 22.4 Å². The molecule has 4 N–H and O–H groups in total. The van der Waals surface area contributed by atoms with Gasteiger partial charge >= 0.3 is 10.1 Å². The van der Waals surface area contributed by atoms with Gasteiger partial charge in [0.1, 0.15) is 27.9 Å². The van der Waals surface area contributed by atoms with Crippen LogP contribution >= 0.6 is 0 Å². The fourth-order valence-electron chi connectivity index (χ4n) is 3.82. The van der Waals surface area contributed by atoms with Gasteiger partial charge in [-0.1, -0.05) is 17.2 Å². The van der Waals surface area contributed by atoms with Gasteiger partial charge in [0.25, 0.3) is 0 Å². The summed E-state index contributed by atoms with van der Waals surface area (Å²) in [5, 5.41) is 47.0. The maximum absolute atomic E-state index is 13.2. The van der Waals surface area contributed by atoms with Gasteiger partial charge in [0.2, 0.25) is 0 Å². The van der Waals surface area contributed by atoms with E-state index in [4.69, 9.17) is 15.2 Å². The summed E-state index contributed by atoms with van der Waals surface area (Å²) in [6.45, 7) is 0. The Kier molecular flexibility index (Phi) is 6.62. The second kappa shape index (κ2) is 9.74. The number of fused-ring (bicyclic) bond motifs is 1. The summed E-state index contributed by atoms with van der Waals surface area (Å²) in [6.07, 6.45) is 0.612. The molecule has 39 heavy (non-hydrogen) atoms. The lowest BCUT2D eigenvalue weighted by Gasteiger charge is -2.29. The van der Waals surface area contributed by atoms with Crippen molar-refractivity contribution in [2.45, 2.75) is 10.6 Å². The second-order valence-electron chi connectivity index (χ2n) is 7.87. The Morgan fingerprint density at radius 1 is 0.949 bits per heavy atom. The minimum Gasteiger partial charge on any atom is -0.508 e. The van der Waals surface area contributed by atoms with Crippen molar-refractivity contribution in [2.24, 2.45) is 10.2 Å². The number of ketones is 2. The van der Waals surface area contributed by atoms with Crippen molar-refractivity contribution in [1.29, 1.82) is 0 Å². The number of nitrogens with zero attached hydrogens (tertiary/aromatic N) is 6. The van der Waals surface area contributed by atoms with E-state index in [0.717, 1.165) is 54.6 Å². The topological polar surface area (TPSA) is 256 Å². The Bertz CT molecular complexity index is 1810. The molecule has 4 rings (SSSR count). The fourth-order valence-corrected chi connectivity index (χ4v) is 4.97. The van der Waals surface area contributed by atoms with Crippen LogP contribution in [0.25, 0.3) is 20.9 Å². The van der Waals surface area contributed by atoms with Gasteiger partial charge in [-0.2, -0.15) is 8.42 Å². The molecule has 1 aliphatic carbocycles. The van der Waals surface area contributed by atoms with Gasteiger partial charge in [-0.05, 0) is 52.6 Å². The van der Waals surface area contributed by atoms with Gasteiger partial charge in [-0.3, -0.25) is 9.59 Å². The molecule has 0 amide bonds. The first kappa shape index (κ1) is 26.5. The van der Waals surface area contributed by atoms with Crippen molar-refractivity contribution < 1.29 is 42.6 Å². The van der Waals surface area contributed by atoms with E-state index in [2.05, 4.69) is 20.1 Å². The molecule has 15 nitrogen and oxygen atoms in total. The Labute approximate surface area is 217 Å². The van der Waals surface area contributed by atoms with Crippen molar-refractivity contribution in [2.75, 3.05) is 0 Å². The average molecular weight is 550 g/mol. The minimum atomic E-state index is -4.86. The quantitative estimate of drug-likeness (QED) is 0.110. The van der Waals surface area contributed by atoms with Gasteiger partial charge in [0, 0.05) is 27.5 Å². The summed E-state index contributed by atoms with van der Waals surface area (Å²) in [7, 11) is -4.86. The number of phenols is 3. The number of aromatic hydroxyl groups is 3. The highest BCUT2D eigenvalue weighted by molar-refractivity contribution is 7.87. The molecular formula is C23H14N6O9S. The summed E-state index contributed by atoms with van der Waals surface area (Å²) < 4.78 is 31.4. The van der Waals surface area contributed by atoms with Crippen molar-refractivity contribution in [1.82, 2.24) is 0 Å². The summed E-state index contributed by atoms with van der Waals surface area (Å²) in [5.74, 6) is -3.90. The summed E-state index contributed by atoms with van der Waals surface area (Å²) in [4.78, 5) is 29.7. The van der Waals surface area contributed by atoms with E-state index in [-0.39, 0.29) is 16.9 Å². The number of phenolic OH excluding ortho intramolecular Hbond substituents is 3. The molecular weight excluding hydrogens is 536 g/mol. The second-order valence-corrected chi connectivity index (χ2v) is 9.39. The molecule has 0 heterocycles. The molecule has 0 aromatic heterocycles. The predicted molar refractivity (Wildman–Crippen MR) is 130 cm³/mol. The van der Waals surface area contributed by atoms with Crippen molar-refractivity contribution >= 4 is 21.7 Å². The SMILES string of the molecule is [N-]=[N+]=NC1=CC(=O)c2c(cccc2S(=O)(=O)Oc2ccc(C(=O)c3ccc(O)cc3O)c(O)c2)C1(O)N=[N+]=[N-]. The normalized spacial score (nSPS) is 16.2. The molecule has 1 atom stereocenters. The third-order valence-corrected chi connectivity index (χ3v) is 6.82. The third-order valence-electron chi connectivity index (χ3n) is 5.53. The number of azide groups is 2. The van der Waals surface area contributed by atoms with E-state index in [9.17, 15) is 38.4 Å². The van der Waals surface area contributed by atoms with Crippen LogP contribution in [-0.4, -0.2) is 40.4 Å². The molecule has 0 saturated carbocycles. The Balaban J connectivity index is 1.73. The van der Waals surface area contributed by atoms with Crippen molar-refractivity contribution in [3.05, 3.63) is 110 Å². The molecule has 1 aliphatic rings. The first-order valence-electron chi connectivity index (χ1n) is 10.5. The molecule has 1 unspecified atom stereocenters. The van der Waals surface area contributed by atoms with Crippen molar-refractivity contribution in [3.63, 3.8) is 0 Å². The number of carbonyl (C=O) groups is 2. The van der Waals surface area contributed by atoms with Crippen LogP contribution in [0.2, 0.25) is 0 Å². The van der Waals surface area contributed by atoms with E-state index in [1.807, 2.05) is 0 Å². The van der Waals surface area contributed by atoms with Crippen LogP contribution in [0.3, 0.4) is 0 Å². The van der Waals surface area contributed by atoms with E-state index in [1.54, 1.807) is 0 Å². The summed E-state index contributed by atoms with van der Waals surface area (Å²) >= 11 is 0. The van der Waals surface area contributed by atoms with E-state index < -0.39 is 66.4 Å². The molecule has 3 aromatic carbocycles. The summed E-state index contributed by atoms with van der Waals surface area (Å²) in [6, 6.07) is 9.21. The third kappa shape index (κ3) is 4.66. The van der Waals surface area contributed by atoms with Gasteiger partial charge in [0.15, 0.2) is 17.3 Å². The van der Waals surface area contributed by atoms with E-state index >= 15 is 0 Å². The lowest BCUT2D eigenvalue weighted by Crippen LogP contribution is -2.32. The van der Waals surface area contributed by atoms with Crippen LogP contribution in [0, 0.1) is 0 Å². The molecule has 196 valence electrons.